The quantitative estimate of drug-likeness (QED) is 0.577. The minimum Gasteiger partial charge on any atom is -0.322 e. The fourth-order valence-electron chi connectivity index (χ4n) is 2.77. The number of benzene rings is 3. The topological polar surface area (TPSA) is 75.3 Å². The highest BCUT2D eigenvalue weighted by Gasteiger charge is 2.15. The summed E-state index contributed by atoms with van der Waals surface area (Å²) in [6.45, 7) is 5.63. The highest BCUT2D eigenvalue weighted by molar-refractivity contribution is 7.92. The van der Waals surface area contributed by atoms with Crippen LogP contribution in [0, 0.1) is 20.8 Å². The van der Waals surface area contributed by atoms with Gasteiger partial charge in [-0.25, -0.2) is 8.42 Å². The number of nitrogens with one attached hydrogen (secondary N) is 2. The van der Waals surface area contributed by atoms with Crippen molar-refractivity contribution in [2.24, 2.45) is 0 Å². The Balaban J connectivity index is 1.76. The molecule has 0 fully saturated rings. The smallest absolute Gasteiger partial charge is 0.261 e. The van der Waals surface area contributed by atoms with Crippen LogP contribution in [0.3, 0.4) is 0 Å². The summed E-state index contributed by atoms with van der Waals surface area (Å²) < 4.78 is 27.7. The van der Waals surface area contributed by atoms with Crippen LogP contribution in [-0.4, -0.2) is 14.3 Å². The molecule has 3 aromatic rings. The summed E-state index contributed by atoms with van der Waals surface area (Å²) in [6.07, 6.45) is 0. The molecule has 2 N–H and O–H groups in total. The van der Waals surface area contributed by atoms with E-state index in [-0.39, 0.29) is 10.8 Å². The van der Waals surface area contributed by atoms with Crippen LogP contribution < -0.4 is 10.0 Å². The van der Waals surface area contributed by atoms with Crippen molar-refractivity contribution >= 4 is 38.9 Å². The first-order chi connectivity index (χ1) is 13.7. The second-order valence-corrected chi connectivity index (χ2v) is 8.96. The molecule has 0 aliphatic carbocycles. The van der Waals surface area contributed by atoms with Crippen molar-refractivity contribution in [2.75, 3.05) is 10.0 Å². The van der Waals surface area contributed by atoms with Crippen molar-refractivity contribution in [3.05, 3.63) is 87.9 Å². The number of amides is 1. The molecule has 3 rings (SSSR count). The van der Waals surface area contributed by atoms with Gasteiger partial charge in [-0.1, -0.05) is 35.4 Å². The number of carbonyl (C=O) groups excluding carboxylic acids is 1. The van der Waals surface area contributed by atoms with Gasteiger partial charge in [0.2, 0.25) is 0 Å². The van der Waals surface area contributed by atoms with Crippen LogP contribution in [0.2, 0.25) is 5.02 Å². The summed E-state index contributed by atoms with van der Waals surface area (Å²) in [7, 11) is -3.77. The standard InChI is InChI=1S/C22H21ClN2O3S/c1-14-4-5-15(2)20(12-14)22(26)24-17-8-10-19(11-9-17)29(27,28)25-18-7-6-16(3)21(23)13-18/h4-13,25H,1-3H3,(H,24,26). The summed E-state index contributed by atoms with van der Waals surface area (Å²) >= 11 is 6.05. The summed E-state index contributed by atoms with van der Waals surface area (Å²) in [5.74, 6) is -0.241. The lowest BCUT2D eigenvalue weighted by molar-refractivity contribution is 0.102. The van der Waals surface area contributed by atoms with E-state index in [9.17, 15) is 13.2 Å². The van der Waals surface area contributed by atoms with Crippen LogP contribution in [0.25, 0.3) is 0 Å². The fourth-order valence-corrected chi connectivity index (χ4v) is 4.00. The Morgan fingerprint density at radius 2 is 1.45 bits per heavy atom. The number of halogens is 1. The number of aryl methyl sites for hydroxylation is 3. The Bertz CT molecular complexity index is 1170. The van der Waals surface area contributed by atoms with E-state index < -0.39 is 10.0 Å². The third-order valence-corrected chi connectivity index (χ3v) is 6.29. The summed E-state index contributed by atoms with van der Waals surface area (Å²) in [4.78, 5) is 12.6. The SMILES string of the molecule is Cc1ccc(C)c(C(=O)Nc2ccc(S(=O)(=O)Nc3ccc(C)c(Cl)c3)cc2)c1. The zero-order valence-corrected chi connectivity index (χ0v) is 17.9. The van der Waals surface area contributed by atoms with Gasteiger partial charge in [-0.15, -0.1) is 0 Å². The second-order valence-electron chi connectivity index (χ2n) is 6.87. The molecule has 150 valence electrons. The molecule has 0 aliphatic rings. The van der Waals surface area contributed by atoms with E-state index in [2.05, 4.69) is 10.0 Å². The molecule has 0 aromatic heterocycles. The Kier molecular flexibility index (Phi) is 5.96. The lowest BCUT2D eigenvalue weighted by atomic mass is 10.1. The molecule has 0 saturated heterocycles. The number of hydrogen-bond donors (Lipinski definition) is 2. The van der Waals surface area contributed by atoms with Gasteiger partial charge in [-0.2, -0.15) is 0 Å². The molecule has 0 heterocycles. The van der Waals surface area contributed by atoms with Gasteiger partial charge in [0.15, 0.2) is 0 Å². The molecule has 29 heavy (non-hydrogen) atoms. The summed E-state index contributed by atoms with van der Waals surface area (Å²) in [5, 5.41) is 3.28. The van der Waals surface area contributed by atoms with Crippen LogP contribution in [0.5, 0.6) is 0 Å². The molecule has 5 nitrogen and oxygen atoms in total. The van der Waals surface area contributed by atoms with Crippen LogP contribution in [0.4, 0.5) is 11.4 Å². The van der Waals surface area contributed by atoms with Gasteiger partial charge in [0.25, 0.3) is 15.9 Å². The maximum Gasteiger partial charge on any atom is 0.261 e. The normalized spacial score (nSPS) is 11.2. The molecule has 0 unspecified atom stereocenters. The largest absolute Gasteiger partial charge is 0.322 e. The van der Waals surface area contributed by atoms with Gasteiger partial charge in [0, 0.05) is 16.3 Å². The molecule has 0 spiro atoms. The molecule has 1 amide bonds. The maximum absolute atomic E-state index is 12.6. The first kappa shape index (κ1) is 20.9. The van der Waals surface area contributed by atoms with Gasteiger partial charge in [0.1, 0.15) is 0 Å². The van der Waals surface area contributed by atoms with E-state index in [0.717, 1.165) is 16.7 Å². The number of carbonyl (C=O) groups is 1. The van der Waals surface area contributed by atoms with E-state index in [1.54, 1.807) is 30.3 Å². The molecule has 0 saturated carbocycles. The lowest BCUT2D eigenvalue weighted by Crippen LogP contribution is -2.15. The molecule has 3 aromatic carbocycles. The second kappa shape index (κ2) is 8.27. The van der Waals surface area contributed by atoms with Gasteiger partial charge >= 0.3 is 0 Å². The van der Waals surface area contributed by atoms with Crippen LogP contribution >= 0.6 is 11.6 Å². The number of rotatable bonds is 5. The highest BCUT2D eigenvalue weighted by atomic mass is 35.5. The Labute approximate surface area is 175 Å². The van der Waals surface area contributed by atoms with E-state index in [4.69, 9.17) is 11.6 Å². The third-order valence-electron chi connectivity index (χ3n) is 4.48. The Morgan fingerprint density at radius 1 is 0.828 bits per heavy atom. The van der Waals surface area contributed by atoms with Crippen molar-refractivity contribution < 1.29 is 13.2 Å². The van der Waals surface area contributed by atoms with E-state index in [1.807, 2.05) is 39.0 Å². The first-order valence-electron chi connectivity index (χ1n) is 8.93. The predicted octanol–water partition coefficient (Wildman–Crippen LogP) is 5.32. The van der Waals surface area contributed by atoms with Crippen LogP contribution in [-0.2, 0) is 10.0 Å². The Hall–Kier alpha value is -2.83. The molecule has 7 heteroatoms. The van der Waals surface area contributed by atoms with Crippen LogP contribution in [0.15, 0.2) is 65.6 Å². The van der Waals surface area contributed by atoms with E-state index in [0.29, 0.717) is 22.0 Å². The monoisotopic (exact) mass is 428 g/mol. The average molecular weight is 429 g/mol. The molecule has 0 bridgehead atoms. The zero-order chi connectivity index (χ0) is 21.2. The van der Waals surface area contributed by atoms with E-state index >= 15 is 0 Å². The fraction of sp³-hybridized carbons (Fsp3) is 0.136. The predicted molar refractivity (Wildman–Crippen MR) is 117 cm³/mol. The lowest BCUT2D eigenvalue weighted by Gasteiger charge is -2.11. The average Bonchev–Trinajstić information content (AvgIpc) is 2.67. The molecule has 0 atom stereocenters. The number of sulfonamides is 1. The zero-order valence-electron chi connectivity index (χ0n) is 16.3. The molecular weight excluding hydrogens is 408 g/mol. The minimum absolute atomic E-state index is 0.0823. The molecule has 0 radical (unpaired) electrons. The van der Waals surface area contributed by atoms with Crippen molar-refractivity contribution in [1.29, 1.82) is 0 Å². The third kappa shape index (κ3) is 4.96. The summed E-state index contributed by atoms with van der Waals surface area (Å²) in [5.41, 5.74) is 4.19. The minimum atomic E-state index is -3.77. The summed E-state index contributed by atoms with van der Waals surface area (Å²) in [6, 6.07) is 16.6. The first-order valence-corrected chi connectivity index (χ1v) is 10.8. The molecule has 0 aliphatic heterocycles. The van der Waals surface area contributed by atoms with Crippen molar-refractivity contribution in [1.82, 2.24) is 0 Å². The van der Waals surface area contributed by atoms with Gasteiger partial charge in [0.05, 0.1) is 10.6 Å². The van der Waals surface area contributed by atoms with Crippen molar-refractivity contribution in [3.8, 4) is 0 Å². The van der Waals surface area contributed by atoms with Gasteiger partial charge in [-0.3, -0.25) is 9.52 Å². The number of anilines is 2. The van der Waals surface area contributed by atoms with E-state index in [1.165, 1.54) is 12.1 Å². The van der Waals surface area contributed by atoms with Crippen LogP contribution in [0.1, 0.15) is 27.0 Å². The highest BCUT2D eigenvalue weighted by Crippen LogP contribution is 2.23. The number of hydrogen-bond acceptors (Lipinski definition) is 3. The van der Waals surface area contributed by atoms with Crippen molar-refractivity contribution in [2.45, 2.75) is 25.7 Å². The van der Waals surface area contributed by atoms with Gasteiger partial charge in [-0.05, 0) is 74.4 Å². The van der Waals surface area contributed by atoms with Crippen molar-refractivity contribution in [3.63, 3.8) is 0 Å². The maximum atomic E-state index is 12.6. The molecular formula is C22H21ClN2O3S. The Morgan fingerprint density at radius 3 is 2.10 bits per heavy atom. The van der Waals surface area contributed by atoms with Gasteiger partial charge < -0.3 is 5.32 Å².